The van der Waals surface area contributed by atoms with Crippen LogP contribution >= 0.6 is 23.5 Å². The number of hydrogen-bond donors (Lipinski definition) is 0. The first-order valence-corrected chi connectivity index (χ1v) is 11.5. The fourth-order valence-electron chi connectivity index (χ4n) is 3.36. The van der Waals surface area contributed by atoms with Gasteiger partial charge >= 0.3 is 0 Å². The van der Waals surface area contributed by atoms with Crippen LogP contribution in [0.4, 0.5) is 0 Å². The lowest BCUT2D eigenvalue weighted by Gasteiger charge is -2.15. The van der Waals surface area contributed by atoms with Gasteiger partial charge in [-0.3, -0.25) is 9.78 Å². The monoisotopic (exact) mass is 406 g/mol. The van der Waals surface area contributed by atoms with Crippen molar-refractivity contribution >= 4 is 45.3 Å². The van der Waals surface area contributed by atoms with Gasteiger partial charge in [0.2, 0.25) is 5.43 Å². The molecule has 0 bridgehead atoms. The number of hydrogen-bond acceptors (Lipinski definition) is 4. The molecule has 2 heterocycles. The maximum atomic E-state index is 13.2. The van der Waals surface area contributed by atoms with Crippen molar-refractivity contribution < 1.29 is 0 Å². The molecule has 0 saturated carbocycles. The fourth-order valence-corrected chi connectivity index (χ4v) is 5.23. The van der Waals surface area contributed by atoms with Crippen LogP contribution in [-0.4, -0.2) is 15.8 Å². The van der Waals surface area contributed by atoms with Crippen LogP contribution in [0, 0.1) is 0 Å². The lowest BCUT2D eigenvalue weighted by Crippen LogP contribution is -2.12. The molecule has 5 heteroatoms. The summed E-state index contributed by atoms with van der Waals surface area (Å²) >= 11 is 3.23. The Morgan fingerprint density at radius 3 is 2.54 bits per heavy atom. The van der Waals surface area contributed by atoms with Crippen LogP contribution in [-0.2, 0) is 6.54 Å². The van der Waals surface area contributed by atoms with Crippen molar-refractivity contribution in [3.05, 3.63) is 71.1 Å². The molecule has 0 N–H and O–H groups in total. The minimum absolute atomic E-state index is 0.0984. The molecule has 0 spiro atoms. The molecule has 0 radical (unpaired) electrons. The third-order valence-electron chi connectivity index (χ3n) is 4.83. The Morgan fingerprint density at radius 2 is 1.75 bits per heavy atom. The summed E-state index contributed by atoms with van der Waals surface area (Å²) in [4.78, 5) is 20.8. The van der Waals surface area contributed by atoms with Gasteiger partial charge in [-0.1, -0.05) is 55.4 Å². The lowest BCUT2D eigenvalue weighted by atomic mass is 10.2. The molecular formula is C23H22N2OS2. The number of nitrogens with zero attached hydrogens (tertiary/aromatic N) is 2. The molecule has 0 fully saturated rings. The Bertz CT molecular complexity index is 1200. The van der Waals surface area contributed by atoms with E-state index in [-0.39, 0.29) is 5.43 Å². The number of pyridine rings is 2. The van der Waals surface area contributed by atoms with Gasteiger partial charge in [-0.15, -0.1) is 11.8 Å². The van der Waals surface area contributed by atoms with Crippen molar-refractivity contribution in [3.63, 3.8) is 0 Å². The van der Waals surface area contributed by atoms with E-state index in [0.29, 0.717) is 0 Å². The van der Waals surface area contributed by atoms with Crippen molar-refractivity contribution in [1.29, 1.82) is 0 Å². The average molecular weight is 407 g/mol. The van der Waals surface area contributed by atoms with Gasteiger partial charge in [-0.2, -0.15) is 0 Å². The molecule has 142 valence electrons. The second kappa shape index (κ2) is 8.41. The van der Waals surface area contributed by atoms with Gasteiger partial charge < -0.3 is 4.57 Å². The number of fused-ring (bicyclic) bond motifs is 2. The quantitative estimate of drug-likeness (QED) is 0.356. The van der Waals surface area contributed by atoms with E-state index in [0.717, 1.165) is 55.9 Å². The maximum absolute atomic E-state index is 13.2. The summed E-state index contributed by atoms with van der Waals surface area (Å²) < 4.78 is 2.23. The van der Waals surface area contributed by atoms with E-state index in [1.165, 1.54) is 0 Å². The molecule has 0 unspecified atom stereocenters. The van der Waals surface area contributed by atoms with Crippen LogP contribution in [0.2, 0.25) is 0 Å². The van der Waals surface area contributed by atoms with Gasteiger partial charge in [0.15, 0.2) is 0 Å². The van der Waals surface area contributed by atoms with Gasteiger partial charge in [-0.25, -0.2) is 0 Å². The smallest absolute Gasteiger partial charge is 0.203 e. The molecular weight excluding hydrogens is 384 g/mol. The van der Waals surface area contributed by atoms with Gasteiger partial charge in [0.05, 0.1) is 15.9 Å². The van der Waals surface area contributed by atoms with E-state index in [1.807, 2.05) is 54.9 Å². The average Bonchev–Trinajstić information content (AvgIpc) is 2.75. The number of para-hydroxylation sites is 2. The molecule has 4 aromatic rings. The fraction of sp³-hybridized carbons (Fsp3) is 0.217. The summed E-state index contributed by atoms with van der Waals surface area (Å²) in [7, 11) is 0. The first-order chi connectivity index (χ1) is 13.7. The first kappa shape index (κ1) is 19.1. The normalized spacial score (nSPS) is 11.4. The molecule has 0 aliphatic rings. The molecule has 28 heavy (non-hydrogen) atoms. The van der Waals surface area contributed by atoms with E-state index in [2.05, 4.69) is 28.8 Å². The second-order valence-electron chi connectivity index (χ2n) is 6.66. The summed E-state index contributed by atoms with van der Waals surface area (Å²) in [5.74, 6) is 0. The van der Waals surface area contributed by atoms with Crippen LogP contribution in [0.1, 0.15) is 19.8 Å². The predicted octanol–water partition coefficient (Wildman–Crippen LogP) is 6.22. The Kier molecular flexibility index (Phi) is 5.74. The largest absolute Gasteiger partial charge is 0.346 e. The van der Waals surface area contributed by atoms with Crippen LogP contribution < -0.4 is 5.43 Å². The third kappa shape index (κ3) is 3.56. The van der Waals surface area contributed by atoms with E-state index in [4.69, 9.17) is 0 Å². The number of aryl methyl sites for hydroxylation is 1. The van der Waals surface area contributed by atoms with Gasteiger partial charge in [0, 0.05) is 39.5 Å². The van der Waals surface area contributed by atoms with Crippen molar-refractivity contribution in [2.24, 2.45) is 0 Å². The summed E-state index contributed by atoms with van der Waals surface area (Å²) in [6, 6.07) is 16.0. The van der Waals surface area contributed by atoms with E-state index < -0.39 is 0 Å². The third-order valence-corrected chi connectivity index (χ3v) is 6.87. The van der Waals surface area contributed by atoms with Gasteiger partial charge in [0.25, 0.3) is 0 Å². The molecule has 3 nitrogen and oxygen atoms in total. The first-order valence-electron chi connectivity index (χ1n) is 9.44. The van der Waals surface area contributed by atoms with Crippen molar-refractivity contribution in [2.45, 2.75) is 41.0 Å². The number of benzene rings is 2. The minimum atomic E-state index is 0.0984. The van der Waals surface area contributed by atoms with Crippen LogP contribution in [0.25, 0.3) is 21.8 Å². The zero-order chi connectivity index (χ0) is 19.5. The second-order valence-corrected chi connectivity index (χ2v) is 8.56. The topological polar surface area (TPSA) is 34.9 Å². The number of rotatable bonds is 6. The van der Waals surface area contributed by atoms with Crippen LogP contribution in [0.3, 0.4) is 0 Å². The molecule has 0 amide bonds. The van der Waals surface area contributed by atoms with Gasteiger partial charge in [-0.05, 0) is 30.9 Å². The van der Waals surface area contributed by atoms with Crippen LogP contribution in [0.5, 0.6) is 0 Å². The summed E-state index contributed by atoms with van der Waals surface area (Å²) in [6.07, 6.45) is 8.20. The van der Waals surface area contributed by atoms with E-state index in [9.17, 15) is 4.79 Å². The molecule has 4 rings (SSSR count). The van der Waals surface area contributed by atoms with Gasteiger partial charge in [0.1, 0.15) is 0 Å². The SMILES string of the molecule is CCCCn1cc(Sc2c(SC)cnc3ccccc23)c(=O)c2ccccc21. The maximum Gasteiger partial charge on any atom is 0.203 e. The summed E-state index contributed by atoms with van der Waals surface area (Å²) in [6.45, 7) is 3.10. The number of aromatic nitrogens is 2. The highest BCUT2D eigenvalue weighted by Gasteiger charge is 2.15. The molecule has 0 aliphatic carbocycles. The Hall–Kier alpha value is -2.24. The zero-order valence-electron chi connectivity index (χ0n) is 16.0. The summed E-state index contributed by atoms with van der Waals surface area (Å²) in [5, 5.41) is 1.87. The Morgan fingerprint density at radius 1 is 1.00 bits per heavy atom. The van der Waals surface area contributed by atoms with Crippen molar-refractivity contribution in [2.75, 3.05) is 6.26 Å². The van der Waals surface area contributed by atoms with Crippen molar-refractivity contribution in [3.8, 4) is 0 Å². The molecule has 0 atom stereocenters. The van der Waals surface area contributed by atoms with Crippen molar-refractivity contribution in [1.82, 2.24) is 9.55 Å². The molecule has 2 aromatic carbocycles. The highest BCUT2D eigenvalue weighted by molar-refractivity contribution is 8.02. The Labute approximate surface area is 173 Å². The van der Waals surface area contributed by atoms with E-state index >= 15 is 0 Å². The molecule has 0 aliphatic heterocycles. The zero-order valence-corrected chi connectivity index (χ0v) is 17.6. The van der Waals surface area contributed by atoms with Crippen LogP contribution in [0.15, 0.2) is 80.4 Å². The highest BCUT2D eigenvalue weighted by Crippen LogP contribution is 2.38. The Balaban J connectivity index is 1.90. The van der Waals surface area contributed by atoms with E-state index in [1.54, 1.807) is 23.5 Å². The number of thioether (sulfide) groups is 1. The number of unbranched alkanes of at least 4 members (excludes halogenated alkanes) is 1. The summed E-state index contributed by atoms with van der Waals surface area (Å²) in [5.41, 5.74) is 2.06. The predicted molar refractivity (Wildman–Crippen MR) is 121 cm³/mol. The standard InChI is InChI=1S/C23H22N2OS2/c1-3-4-13-25-15-21(22(26)17-10-6-8-12-19(17)25)28-23-16-9-5-7-11-18(16)24-14-20(23)27-2/h5-12,14-15H,3-4,13H2,1-2H3. The highest BCUT2D eigenvalue weighted by atomic mass is 32.2. The minimum Gasteiger partial charge on any atom is -0.346 e. The lowest BCUT2D eigenvalue weighted by molar-refractivity contribution is 0.640. The molecule has 2 aromatic heterocycles. The molecule has 0 saturated heterocycles.